The van der Waals surface area contributed by atoms with E-state index in [4.69, 9.17) is 27.9 Å². The van der Waals surface area contributed by atoms with Crippen molar-refractivity contribution >= 4 is 40.7 Å². The van der Waals surface area contributed by atoms with Crippen molar-refractivity contribution in [2.24, 2.45) is 0 Å². The van der Waals surface area contributed by atoms with Crippen LogP contribution in [0, 0.1) is 0 Å². The highest BCUT2D eigenvalue weighted by Gasteiger charge is 2.12. The summed E-state index contributed by atoms with van der Waals surface area (Å²) in [6.45, 7) is -0.222. The van der Waals surface area contributed by atoms with Gasteiger partial charge in [-0.1, -0.05) is 35.3 Å². The topological polar surface area (TPSA) is 67.4 Å². The van der Waals surface area contributed by atoms with Crippen LogP contribution in [0.3, 0.4) is 0 Å². The van der Waals surface area contributed by atoms with E-state index in [1.807, 2.05) is 0 Å². The quantitative estimate of drug-likeness (QED) is 0.866. The number of rotatable bonds is 5. The molecule has 0 bridgehead atoms. The number of amides is 2. The Kier molecular flexibility index (Phi) is 5.84. The zero-order chi connectivity index (χ0) is 16.8. The van der Waals surface area contributed by atoms with Crippen LogP contribution < -0.4 is 15.4 Å². The monoisotopic (exact) mass is 352 g/mol. The van der Waals surface area contributed by atoms with Crippen molar-refractivity contribution in [1.29, 1.82) is 0 Å². The molecule has 7 heteroatoms. The minimum Gasteiger partial charge on any atom is -0.484 e. The number of carbonyl (C=O) groups is 2. The van der Waals surface area contributed by atoms with E-state index >= 15 is 0 Å². The highest BCUT2D eigenvalue weighted by Crippen LogP contribution is 2.26. The highest BCUT2D eigenvalue weighted by molar-refractivity contribution is 6.42. The number of hydrogen-bond acceptors (Lipinski definition) is 3. The minimum absolute atomic E-state index is 0.222. The summed E-state index contributed by atoms with van der Waals surface area (Å²) < 4.78 is 5.35. The van der Waals surface area contributed by atoms with Crippen LogP contribution >= 0.6 is 23.2 Å². The van der Waals surface area contributed by atoms with Crippen LogP contribution in [0.15, 0.2) is 42.5 Å². The van der Waals surface area contributed by atoms with Gasteiger partial charge in [0.1, 0.15) is 5.75 Å². The average Bonchev–Trinajstić information content (AvgIpc) is 2.55. The second-order valence-corrected chi connectivity index (χ2v) is 5.35. The van der Waals surface area contributed by atoms with Gasteiger partial charge in [0.05, 0.1) is 21.3 Å². The fourth-order valence-electron chi connectivity index (χ4n) is 1.83. The van der Waals surface area contributed by atoms with Gasteiger partial charge in [0.15, 0.2) is 6.61 Å². The van der Waals surface area contributed by atoms with Crippen molar-refractivity contribution < 1.29 is 14.3 Å². The molecule has 2 aromatic carbocycles. The third kappa shape index (κ3) is 4.61. The number of benzene rings is 2. The second kappa shape index (κ2) is 7.85. The number of hydrogen-bond donors (Lipinski definition) is 2. The maximum absolute atomic E-state index is 12.0. The molecule has 23 heavy (non-hydrogen) atoms. The van der Waals surface area contributed by atoms with Crippen LogP contribution in [0.1, 0.15) is 10.4 Å². The van der Waals surface area contributed by atoms with Crippen LogP contribution in [0.4, 0.5) is 5.69 Å². The van der Waals surface area contributed by atoms with E-state index in [1.54, 1.807) is 36.4 Å². The standard InChI is InChI=1S/C16H14Cl2N2O3/c1-19-16(22)11-4-2-3-5-14(11)20-15(21)9-23-10-6-7-12(17)13(18)8-10/h2-8H,9H2,1H3,(H,19,22)(H,20,21). The zero-order valence-corrected chi connectivity index (χ0v) is 13.7. The molecule has 0 atom stereocenters. The maximum Gasteiger partial charge on any atom is 0.262 e. The Balaban J connectivity index is 2.00. The molecule has 0 aliphatic carbocycles. The molecule has 0 saturated carbocycles. The summed E-state index contributed by atoms with van der Waals surface area (Å²) in [6, 6.07) is 11.4. The van der Waals surface area contributed by atoms with Gasteiger partial charge in [-0.05, 0) is 24.3 Å². The Bertz CT molecular complexity index is 735. The molecule has 0 heterocycles. The van der Waals surface area contributed by atoms with E-state index in [1.165, 1.54) is 13.1 Å². The van der Waals surface area contributed by atoms with Crippen LogP contribution in [-0.4, -0.2) is 25.5 Å². The first-order valence-electron chi connectivity index (χ1n) is 6.70. The van der Waals surface area contributed by atoms with E-state index in [9.17, 15) is 9.59 Å². The Labute approximate surface area is 143 Å². The molecule has 2 amide bonds. The van der Waals surface area contributed by atoms with Gasteiger partial charge in [0.2, 0.25) is 0 Å². The number of carbonyl (C=O) groups excluding carboxylic acids is 2. The number of para-hydroxylation sites is 1. The zero-order valence-electron chi connectivity index (χ0n) is 12.2. The summed E-state index contributed by atoms with van der Waals surface area (Å²) in [4.78, 5) is 23.7. The number of halogens is 2. The summed E-state index contributed by atoms with van der Waals surface area (Å²) in [5.41, 5.74) is 0.785. The maximum atomic E-state index is 12.0. The lowest BCUT2D eigenvalue weighted by Gasteiger charge is -2.11. The summed E-state index contributed by atoms with van der Waals surface area (Å²) in [6.07, 6.45) is 0. The van der Waals surface area contributed by atoms with Gasteiger partial charge in [-0.15, -0.1) is 0 Å². The Morgan fingerprint density at radius 2 is 1.83 bits per heavy atom. The molecule has 0 aliphatic heterocycles. The van der Waals surface area contributed by atoms with E-state index < -0.39 is 5.91 Å². The van der Waals surface area contributed by atoms with E-state index in [2.05, 4.69) is 10.6 Å². The largest absolute Gasteiger partial charge is 0.484 e. The lowest BCUT2D eigenvalue weighted by Crippen LogP contribution is -2.24. The molecule has 0 aromatic heterocycles. The van der Waals surface area contributed by atoms with Gasteiger partial charge in [0, 0.05) is 13.1 Å². The Morgan fingerprint density at radius 3 is 2.52 bits per heavy atom. The van der Waals surface area contributed by atoms with Crippen molar-refractivity contribution in [3.63, 3.8) is 0 Å². The number of ether oxygens (including phenoxy) is 1. The Morgan fingerprint density at radius 1 is 1.09 bits per heavy atom. The minimum atomic E-state index is -0.396. The normalized spacial score (nSPS) is 10.0. The van der Waals surface area contributed by atoms with Gasteiger partial charge in [0.25, 0.3) is 11.8 Å². The first-order valence-corrected chi connectivity index (χ1v) is 7.45. The first kappa shape index (κ1) is 17.1. The van der Waals surface area contributed by atoms with Crippen molar-refractivity contribution in [2.45, 2.75) is 0 Å². The summed E-state index contributed by atoms with van der Waals surface area (Å²) >= 11 is 11.7. The number of nitrogens with one attached hydrogen (secondary N) is 2. The van der Waals surface area contributed by atoms with Gasteiger partial charge < -0.3 is 15.4 Å². The smallest absolute Gasteiger partial charge is 0.262 e. The van der Waals surface area contributed by atoms with Crippen molar-refractivity contribution in [3.8, 4) is 5.75 Å². The summed E-state index contributed by atoms with van der Waals surface area (Å²) in [5, 5.41) is 5.90. The van der Waals surface area contributed by atoms with Gasteiger partial charge >= 0.3 is 0 Å². The molecular formula is C16H14Cl2N2O3. The fourth-order valence-corrected chi connectivity index (χ4v) is 2.11. The van der Waals surface area contributed by atoms with E-state index in [0.717, 1.165) is 0 Å². The van der Waals surface area contributed by atoms with Crippen molar-refractivity contribution in [2.75, 3.05) is 19.0 Å². The lowest BCUT2D eigenvalue weighted by atomic mass is 10.1. The third-order valence-electron chi connectivity index (χ3n) is 2.93. The molecule has 2 N–H and O–H groups in total. The second-order valence-electron chi connectivity index (χ2n) is 4.54. The molecular weight excluding hydrogens is 339 g/mol. The summed E-state index contributed by atoms with van der Waals surface area (Å²) in [7, 11) is 1.52. The van der Waals surface area contributed by atoms with Crippen LogP contribution in [0.2, 0.25) is 10.0 Å². The van der Waals surface area contributed by atoms with Crippen molar-refractivity contribution in [1.82, 2.24) is 5.32 Å². The van der Waals surface area contributed by atoms with Crippen molar-refractivity contribution in [3.05, 3.63) is 58.1 Å². The Hall–Kier alpha value is -2.24. The average molecular weight is 353 g/mol. The fraction of sp³-hybridized carbons (Fsp3) is 0.125. The lowest BCUT2D eigenvalue weighted by molar-refractivity contribution is -0.118. The molecule has 2 aromatic rings. The predicted molar refractivity (Wildman–Crippen MR) is 90.4 cm³/mol. The molecule has 0 aliphatic rings. The first-order chi connectivity index (χ1) is 11.0. The van der Waals surface area contributed by atoms with Crippen LogP contribution in [0.5, 0.6) is 5.75 Å². The summed E-state index contributed by atoms with van der Waals surface area (Å²) in [5.74, 6) is -0.257. The van der Waals surface area contributed by atoms with Gasteiger partial charge in [-0.25, -0.2) is 0 Å². The van der Waals surface area contributed by atoms with E-state index in [0.29, 0.717) is 27.0 Å². The molecule has 0 fully saturated rings. The van der Waals surface area contributed by atoms with Gasteiger partial charge in [-0.2, -0.15) is 0 Å². The van der Waals surface area contributed by atoms with Crippen LogP contribution in [-0.2, 0) is 4.79 Å². The predicted octanol–water partition coefficient (Wildman–Crippen LogP) is 3.37. The number of anilines is 1. The van der Waals surface area contributed by atoms with Gasteiger partial charge in [-0.3, -0.25) is 9.59 Å². The molecule has 2 rings (SSSR count). The molecule has 120 valence electrons. The molecule has 5 nitrogen and oxygen atoms in total. The molecule has 0 saturated heterocycles. The van der Waals surface area contributed by atoms with Crippen LogP contribution in [0.25, 0.3) is 0 Å². The highest BCUT2D eigenvalue weighted by atomic mass is 35.5. The molecule has 0 spiro atoms. The molecule has 0 radical (unpaired) electrons. The third-order valence-corrected chi connectivity index (χ3v) is 3.67. The van der Waals surface area contributed by atoms with E-state index in [-0.39, 0.29) is 12.5 Å². The molecule has 0 unspecified atom stereocenters. The SMILES string of the molecule is CNC(=O)c1ccccc1NC(=O)COc1ccc(Cl)c(Cl)c1.